The Balaban J connectivity index is 1.24. The Hall–Kier alpha value is -3.18. The van der Waals surface area contributed by atoms with Crippen LogP contribution in [-0.4, -0.2) is 50.9 Å². The van der Waals surface area contributed by atoms with E-state index in [0.717, 1.165) is 49.1 Å². The summed E-state index contributed by atoms with van der Waals surface area (Å²) < 4.78 is 17.5. The van der Waals surface area contributed by atoms with Crippen molar-refractivity contribution < 1.29 is 14.2 Å². The predicted octanol–water partition coefficient (Wildman–Crippen LogP) is 5.57. The number of nitrogens with zero attached hydrogens (tertiary/aromatic N) is 2. The lowest BCUT2D eigenvalue weighted by Crippen LogP contribution is -2.44. The molecule has 184 valence electrons. The van der Waals surface area contributed by atoms with Gasteiger partial charge in [0.1, 0.15) is 30.5 Å². The van der Waals surface area contributed by atoms with E-state index in [1.807, 2.05) is 18.2 Å². The van der Waals surface area contributed by atoms with Gasteiger partial charge in [-0.05, 0) is 79.9 Å². The largest absolute Gasteiger partial charge is 0.497 e. The maximum Gasteiger partial charge on any atom is 0.142 e. The smallest absolute Gasteiger partial charge is 0.142 e. The fraction of sp³-hybridized carbons (Fsp3) is 0.400. The van der Waals surface area contributed by atoms with Crippen molar-refractivity contribution in [2.45, 2.75) is 38.3 Å². The zero-order chi connectivity index (χ0) is 23.9. The maximum absolute atomic E-state index is 6.14. The molecule has 0 bridgehead atoms. The second-order valence-electron chi connectivity index (χ2n) is 9.51. The number of likely N-dealkylation sites (tertiary alicyclic amines) is 1. The van der Waals surface area contributed by atoms with Gasteiger partial charge in [-0.25, -0.2) is 0 Å². The van der Waals surface area contributed by atoms with Gasteiger partial charge in [0.25, 0.3) is 0 Å². The van der Waals surface area contributed by atoms with Crippen LogP contribution in [0.1, 0.15) is 30.4 Å². The number of fused-ring (bicyclic) bond motifs is 1. The van der Waals surface area contributed by atoms with E-state index in [9.17, 15) is 0 Å². The van der Waals surface area contributed by atoms with Crippen LogP contribution in [0, 0.1) is 0 Å². The highest BCUT2D eigenvalue weighted by Gasteiger charge is 2.27. The first kappa shape index (κ1) is 23.6. The van der Waals surface area contributed by atoms with Crippen LogP contribution in [0.5, 0.6) is 17.2 Å². The third-order valence-corrected chi connectivity index (χ3v) is 7.08. The summed E-state index contributed by atoms with van der Waals surface area (Å²) in [6, 6.07) is 25.5. The van der Waals surface area contributed by atoms with Gasteiger partial charge in [0.05, 0.1) is 18.8 Å². The van der Waals surface area contributed by atoms with Crippen molar-refractivity contribution in [1.29, 1.82) is 0 Å². The summed E-state index contributed by atoms with van der Waals surface area (Å²) in [4.78, 5) is 4.99. The lowest BCUT2D eigenvalue weighted by molar-refractivity contribution is 0.183. The number of hydrogen-bond acceptors (Lipinski definition) is 5. The zero-order valence-corrected chi connectivity index (χ0v) is 20.7. The predicted molar refractivity (Wildman–Crippen MR) is 141 cm³/mol. The number of piperidine rings is 1. The second-order valence-corrected chi connectivity index (χ2v) is 9.51. The van der Waals surface area contributed by atoms with Gasteiger partial charge in [0, 0.05) is 13.1 Å². The molecule has 1 atom stereocenters. The van der Waals surface area contributed by atoms with Crippen molar-refractivity contribution >= 4 is 5.69 Å². The molecule has 0 amide bonds. The molecule has 5 heteroatoms. The first-order valence-corrected chi connectivity index (χ1v) is 12.8. The average Bonchev–Trinajstić information content (AvgIpc) is 2.92. The molecule has 0 spiro atoms. The van der Waals surface area contributed by atoms with Crippen LogP contribution in [-0.2, 0) is 13.0 Å². The highest BCUT2D eigenvalue weighted by Crippen LogP contribution is 2.36. The Morgan fingerprint density at radius 1 is 0.829 bits per heavy atom. The van der Waals surface area contributed by atoms with E-state index >= 15 is 0 Å². The monoisotopic (exact) mass is 472 g/mol. The molecule has 0 unspecified atom stereocenters. The zero-order valence-electron chi connectivity index (χ0n) is 20.7. The lowest BCUT2D eigenvalue weighted by atomic mass is 10.0. The number of para-hydroxylation sites is 2. The van der Waals surface area contributed by atoms with Crippen molar-refractivity contribution in [3.05, 3.63) is 83.9 Å². The maximum atomic E-state index is 6.14. The van der Waals surface area contributed by atoms with Crippen LogP contribution in [0.15, 0.2) is 72.8 Å². The summed E-state index contributed by atoms with van der Waals surface area (Å²) in [6.07, 6.45) is 4.92. The van der Waals surface area contributed by atoms with E-state index in [-0.39, 0.29) is 6.04 Å². The Labute approximate surface area is 209 Å². The van der Waals surface area contributed by atoms with Gasteiger partial charge in [-0.2, -0.15) is 0 Å². The van der Waals surface area contributed by atoms with E-state index < -0.39 is 0 Å². The Morgan fingerprint density at radius 3 is 2.31 bits per heavy atom. The fourth-order valence-electron chi connectivity index (χ4n) is 5.07. The van der Waals surface area contributed by atoms with Gasteiger partial charge >= 0.3 is 0 Å². The standard InChI is InChI=1S/C30H36N2O3/c1-33-27-13-9-24(10-14-27)21-26-23-35-30-8-4-3-7-29(30)32(26)22-25-11-15-28(16-12-25)34-20-19-31-17-5-2-6-18-31/h3-4,7-16,26H,2,5-6,17-23H2,1H3/t26-/m0/s1. The molecule has 0 aliphatic carbocycles. The Kier molecular flexibility index (Phi) is 7.74. The summed E-state index contributed by atoms with van der Waals surface area (Å²) in [5.41, 5.74) is 3.70. The minimum Gasteiger partial charge on any atom is -0.497 e. The first-order valence-electron chi connectivity index (χ1n) is 12.8. The van der Waals surface area contributed by atoms with E-state index in [0.29, 0.717) is 6.61 Å². The van der Waals surface area contributed by atoms with E-state index in [4.69, 9.17) is 14.2 Å². The molecule has 3 aromatic carbocycles. The minimum atomic E-state index is 0.249. The van der Waals surface area contributed by atoms with Crippen molar-refractivity contribution in [3.63, 3.8) is 0 Å². The number of methoxy groups -OCH3 is 1. The van der Waals surface area contributed by atoms with Gasteiger partial charge in [-0.3, -0.25) is 4.90 Å². The molecule has 0 radical (unpaired) electrons. The summed E-state index contributed by atoms with van der Waals surface area (Å²) in [5, 5.41) is 0. The topological polar surface area (TPSA) is 34.2 Å². The number of ether oxygens (including phenoxy) is 3. The molecule has 2 aliphatic heterocycles. The molecule has 5 nitrogen and oxygen atoms in total. The Bertz CT molecular complexity index is 1060. The van der Waals surface area contributed by atoms with Gasteiger partial charge in [-0.1, -0.05) is 42.8 Å². The molecule has 1 saturated heterocycles. The lowest BCUT2D eigenvalue weighted by Gasteiger charge is -2.39. The van der Waals surface area contributed by atoms with Crippen molar-refractivity contribution in [1.82, 2.24) is 4.90 Å². The van der Waals surface area contributed by atoms with Gasteiger partial charge < -0.3 is 19.1 Å². The summed E-state index contributed by atoms with van der Waals surface area (Å²) >= 11 is 0. The molecule has 3 aromatic rings. The SMILES string of the molecule is COc1ccc(C[C@H]2COc3ccccc3N2Cc2ccc(OCCN3CCCCC3)cc2)cc1. The molecule has 2 heterocycles. The minimum absolute atomic E-state index is 0.249. The quantitative estimate of drug-likeness (QED) is 0.407. The van der Waals surface area contributed by atoms with E-state index in [1.165, 1.54) is 43.5 Å². The molecule has 0 saturated carbocycles. The van der Waals surface area contributed by atoms with Crippen molar-refractivity contribution in [3.8, 4) is 17.2 Å². The molecule has 5 rings (SSSR count). The summed E-state index contributed by atoms with van der Waals surface area (Å²) in [7, 11) is 1.70. The Morgan fingerprint density at radius 2 is 1.54 bits per heavy atom. The van der Waals surface area contributed by atoms with Gasteiger partial charge in [-0.15, -0.1) is 0 Å². The van der Waals surface area contributed by atoms with Crippen LogP contribution >= 0.6 is 0 Å². The highest BCUT2D eigenvalue weighted by atomic mass is 16.5. The highest BCUT2D eigenvalue weighted by molar-refractivity contribution is 5.61. The van der Waals surface area contributed by atoms with Crippen LogP contribution < -0.4 is 19.1 Å². The molecule has 35 heavy (non-hydrogen) atoms. The van der Waals surface area contributed by atoms with Crippen LogP contribution in [0.2, 0.25) is 0 Å². The molecular formula is C30H36N2O3. The van der Waals surface area contributed by atoms with E-state index in [2.05, 4.69) is 64.4 Å². The number of hydrogen-bond donors (Lipinski definition) is 0. The summed E-state index contributed by atoms with van der Waals surface area (Å²) in [6.45, 7) is 5.68. The summed E-state index contributed by atoms with van der Waals surface area (Å²) in [5.74, 6) is 2.79. The molecule has 1 fully saturated rings. The fourth-order valence-corrected chi connectivity index (χ4v) is 5.07. The number of rotatable bonds is 9. The molecule has 0 aromatic heterocycles. The molecular weight excluding hydrogens is 436 g/mol. The van der Waals surface area contributed by atoms with Crippen molar-refractivity contribution in [2.75, 3.05) is 44.9 Å². The molecule has 2 aliphatic rings. The third-order valence-electron chi connectivity index (χ3n) is 7.08. The van der Waals surface area contributed by atoms with Crippen LogP contribution in [0.25, 0.3) is 0 Å². The normalized spacial score (nSPS) is 18.0. The van der Waals surface area contributed by atoms with Gasteiger partial charge in [0.2, 0.25) is 0 Å². The van der Waals surface area contributed by atoms with E-state index in [1.54, 1.807) is 7.11 Å². The van der Waals surface area contributed by atoms with Gasteiger partial charge in [0.15, 0.2) is 0 Å². The van der Waals surface area contributed by atoms with Crippen molar-refractivity contribution in [2.24, 2.45) is 0 Å². The second kappa shape index (κ2) is 11.5. The average molecular weight is 473 g/mol. The third kappa shape index (κ3) is 6.09. The number of anilines is 1. The first-order chi connectivity index (χ1) is 17.3. The number of benzene rings is 3. The molecule has 0 N–H and O–H groups in total. The van der Waals surface area contributed by atoms with Crippen LogP contribution in [0.4, 0.5) is 5.69 Å². The van der Waals surface area contributed by atoms with Crippen LogP contribution in [0.3, 0.4) is 0 Å².